The van der Waals surface area contributed by atoms with E-state index in [1.165, 1.54) is 18.4 Å². The molecule has 4 rings (SSSR count). The molecule has 0 saturated heterocycles. The van der Waals surface area contributed by atoms with Gasteiger partial charge in [-0.3, -0.25) is 9.69 Å². The number of aromatic nitrogens is 1. The van der Waals surface area contributed by atoms with Gasteiger partial charge in [-0.15, -0.1) is 0 Å². The highest BCUT2D eigenvalue weighted by molar-refractivity contribution is 5.81. The summed E-state index contributed by atoms with van der Waals surface area (Å²) in [6, 6.07) is 21.0. The summed E-state index contributed by atoms with van der Waals surface area (Å²) >= 11 is 0. The highest BCUT2D eigenvalue weighted by atomic mass is 16.1. The van der Waals surface area contributed by atoms with E-state index in [2.05, 4.69) is 53.2 Å². The SMILES string of the molecule is C[C@H](C1CC1)N(Cc1ccccc1)Cc1cc2ccccc2c(=O)[nH]1. The lowest BCUT2D eigenvalue weighted by Gasteiger charge is -2.29. The minimum Gasteiger partial charge on any atom is -0.324 e. The maximum Gasteiger partial charge on any atom is 0.256 e. The Morgan fingerprint density at radius 3 is 2.52 bits per heavy atom. The van der Waals surface area contributed by atoms with Crippen LogP contribution in [0.1, 0.15) is 31.0 Å². The number of fused-ring (bicyclic) bond motifs is 1. The van der Waals surface area contributed by atoms with Gasteiger partial charge in [0, 0.05) is 30.2 Å². The Hall–Kier alpha value is -2.39. The van der Waals surface area contributed by atoms with Crippen LogP contribution in [0.2, 0.25) is 0 Å². The van der Waals surface area contributed by atoms with E-state index in [0.717, 1.165) is 35.5 Å². The average Bonchev–Trinajstić information content (AvgIpc) is 3.47. The second-order valence-corrected chi connectivity index (χ2v) is 7.18. The molecule has 0 aliphatic heterocycles. The number of benzene rings is 2. The Labute approximate surface area is 148 Å². The molecule has 0 amide bonds. The van der Waals surface area contributed by atoms with Crippen LogP contribution in [0.15, 0.2) is 65.5 Å². The molecular weight excluding hydrogens is 308 g/mol. The Bertz CT molecular complexity index is 912. The molecule has 1 aromatic heterocycles. The molecule has 2 aromatic carbocycles. The van der Waals surface area contributed by atoms with Gasteiger partial charge in [-0.05, 0) is 48.8 Å². The third-order valence-electron chi connectivity index (χ3n) is 5.29. The van der Waals surface area contributed by atoms with Gasteiger partial charge in [0.05, 0.1) is 0 Å². The molecule has 1 atom stereocenters. The number of H-pyrrole nitrogens is 1. The minimum atomic E-state index is 0.00633. The summed E-state index contributed by atoms with van der Waals surface area (Å²) in [5, 5.41) is 1.77. The summed E-state index contributed by atoms with van der Waals surface area (Å²) in [5.41, 5.74) is 2.32. The second-order valence-electron chi connectivity index (χ2n) is 7.18. The van der Waals surface area contributed by atoms with Crippen LogP contribution in [0, 0.1) is 5.92 Å². The van der Waals surface area contributed by atoms with Crippen molar-refractivity contribution >= 4 is 10.8 Å². The molecule has 3 nitrogen and oxygen atoms in total. The highest BCUT2D eigenvalue weighted by Crippen LogP contribution is 2.36. The van der Waals surface area contributed by atoms with Crippen LogP contribution in [0.25, 0.3) is 10.8 Å². The molecule has 0 radical (unpaired) electrons. The van der Waals surface area contributed by atoms with Gasteiger partial charge < -0.3 is 4.98 Å². The van der Waals surface area contributed by atoms with E-state index < -0.39 is 0 Å². The first-order valence-electron chi connectivity index (χ1n) is 9.09. The van der Waals surface area contributed by atoms with Crippen LogP contribution in [-0.2, 0) is 13.1 Å². The summed E-state index contributed by atoms with van der Waals surface area (Å²) in [7, 11) is 0. The number of hydrogen-bond donors (Lipinski definition) is 1. The monoisotopic (exact) mass is 332 g/mol. The molecule has 1 fully saturated rings. The highest BCUT2D eigenvalue weighted by Gasteiger charge is 2.32. The van der Waals surface area contributed by atoms with E-state index in [9.17, 15) is 4.79 Å². The standard InChI is InChI=1S/C22H24N2O/c1-16(18-11-12-18)24(14-17-7-3-2-4-8-17)15-20-13-19-9-5-6-10-21(19)22(25)23-20/h2-10,13,16,18H,11-12,14-15H2,1H3,(H,23,25)/t16-/m1/s1. The number of aromatic amines is 1. The molecule has 1 aliphatic rings. The van der Waals surface area contributed by atoms with Gasteiger partial charge in [-0.25, -0.2) is 0 Å². The molecule has 0 spiro atoms. The molecule has 25 heavy (non-hydrogen) atoms. The quantitative estimate of drug-likeness (QED) is 0.729. The van der Waals surface area contributed by atoms with Gasteiger partial charge in [-0.2, -0.15) is 0 Å². The van der Waals surface area contributed by atoms with Crippen molar-refractivity contribution in [3.8, 4) is 0 Å². The molecule has 1 saturated carbocycles. The zero-order valence-corrected chi connectivity index (χ0v) is 14.6. The van der Waals surface area contributed by atoms with Crippen LogP contribution in [0.5, 0.6) is 0 Å². The molecule has 1 heterocycles. The van der Waals surface area contributed by atoms with Gasteiger partial charge in [-0.1, -0.05) is 48.5 Å². The van der Waals surface area contributed by atoms with E-state index >= 15 is 0 Å². The summed E-state index contributed by atoms with van der Waals surface area (Å²) in [6.07, 6.45) is 2.64. The van der Waals surface area contributed by atoms with Crippen LogP contribution in [-0.4, -0.2) is 15.9 Å². The predicted octanol–water partition coefficient (Wildman–Crippen LogP) is 4.33. The van der Waals surface area contributed by atoms with Crippen molar-refractivity contribution in [1.29, 1.82) is 0 Å². The van der Waals surface area contributed by atoms with Gasteiger partial charge in [0.2, 0.25) is 0 Å². The van der Waals surface area contributed by atoms with Crippen LogP contribution in [0.3, 0.4) is 0 Å². The fraction of sp³-hybridized carbons (Fsp3) is 0.318. The smallest absolute Gasteiger partial charge is 0.256 e. The first kappa shape index (κ1) is 16.1. The van der Waals surface area contributed by atoms with Crippen molar-refractivity contribution in [2.24, 2.45) is 5.92 Å². The van der Waals surface area contributed by atoms with E-state index in [-0.39, 0.29) is 5.56 Å². The average molecular weight is 332 g/mol. The zero-order valence-electron chi connectivity index (χ0n) is 14.6. The number of hydrogen-bond acceptors (Lipinski definition) is 2. The zero-order chi connectivity index (χ0) is 17.2. The van der Waals surface area contributed by atoms with Crippen molar-refractivity contribution in [2.45, 2.75) is 38.9 Å². The molecule has 0 unspecified atom stereocenters. The lowest BCUT2D eigenvalue weighted by atomic mass is 10.1. The maximum absolute atomic E-state index is 12.4. The third-order valence-corrected chi connectivity index (χ3v) is 5.29. The van der Waals surface area contributed by atoms with Crippen molar-refractivity contribution in [1.82, 2.24) is 9.88 Å². The first-order chi connectivity index (χ1) is 12.2. The van der Waals surface area contributed by atoms with Gasteiger partial charge in [0.1, 0.15) is 0 Å². The lowest BCUT2D eigenvalue weighted by Crippen LogP contribution is -2.34. The summed E-state index contributed by atoms with van der Waals surface area (Å²) in [6.45, 7) is 4.00. The van der Waals surface area contributed by atoms with E-state index in [4.69, 9.17) is 0 Å². The van der Waals surface area contributed by atoms with Crippen LogP contribution >= 0.6 is 0 Å². The fourth-order valence-electron chi connectivity index (χ4n) is 3.61. The van der Waals surface area contributed by atoms with E-state index in [0.29, 0.717) is 6.04 Å². The van der Waals surface area contributed by atoms with Crippen molar-refractivity contribution in [3.63, 3.8) is 0 Å². The minimum absolute atomic E-state index is 0.00633. The maximum atomic E-state index is 12.4. The normalized spacial score (nSPS) is 15.6. The van der Waals surface area contributed by atoms with Gasteiger partial charge in [0.25, 0.3) is 5.56 Å². The summed E-state index contributed by atoms with van der Waals surface area (Å²) < 4.78 is 0. The van der Waals surface area contributed by atoms with Crippen LogP contribution < -0.4 is 5.56 Å². The largest absolute Gasteiger partial charge is 0.324 e. The van der Waals surface area contributed by atoms with E-state index in [1.54, 1.807) is 0 Å². The van der Waals surface area contributed by atoms with Gasteiger partial charge >= 0.3 is 0 Å². The molecule has 128 valence electrons. The molecule has 1 N–H and O–H groups in total. The molecule has 3 aromatic rings. The fourth-order valence-corrected chi connectivity index (χ4v) is 3.61. The number of nitrogens with zero attached hydrogens (tertiary/aromatic N) is 1. The van der Waals surface area contributed by atoms with Crippen molar-refractivity contribution in [3.05, 3.63) is 82.3 Å². The Balaban J connectivity index is 1.62. The van der Waals surface area contributed by atoms with Crippen molar-refractivity contribution < 1.29 is 0 Å². The molecule has 3 heteroatoms. The molecule has 1 aliphatic carbocycles. The Morgan fingerprint density at radius 2 is 1.76 bits per heavy atom. The topological polar surface area (TPSA) is 36.1 Å². The first-order valence-corrected chi connectivity index (χ1v) is 9.09. The van der Waals surface area contributed by atoms with Crippen LogP contribution in [0.4, 0.5) is 0 Å². The third kappa shape index (κ3) is 3.67. The predicted molar refractivity (Wildman–Crippen MR) is 102 cm³/mol. The molecule has 0 bridgehead atoms. The summed E-state index contributed by atoms with van der Waals surface area (Å²) in [5.74, 6) is 0.788. The summed E-state index contributed by atoms with van der Waals surface area (Å²) in [4.78, 5) is 18.0. The lowest BCUT2D eigenvalue weighted by molar-refractivity contribution is 0.170. The van der Waals surface area contributed by atoms with E-state index in [1.807, 2.05) is 24.3 Å². The number of pyridine rings is 1. The second kappa shape index (κ2) is 6.85. The Morgan fingerprint density at radius 1 is 1.04 bits per heavy atom. The molecular formula is C22H24N2O. The number of rotatable bonds is 6. The number of nitrogens with one attached hydrogen (secondary N) is 1. The van der Waals surface area contributed by atoms with Gasteiger partial charge in [0.15, 0.2) is 0 Å². The Kier molecular flexibility index (Phi) is 4.41. The van der Waals surface area contributed by atoms with Crippen molar-refractivity contribution in [2.75, 3.05) is 0 Å².